The van der Waals surface area contributed by atoms with Crippen molar-refractivity contribution >= 4 is 6.03 Å². The SMILES string of the molecule is CCN(Cc1ccccc1)C(=O)NCCOc1c(C)cc(C)cc1C. The van der Waals surface area contributed by atoms with Crippen molar-refractivity contribution < 1.29 is 9.53 Å². The Bertz CT molecular complexity index is 675. The van der Waals surface area contributed by atoms with Gasteiger partial charge in [-0.15, -0.1) is 0 Å². The molecule has 134 valence electrons. The Kier molecular flexibility index (Phi) is 6.87. The van der Waals surface area contributed by atoms with Crippen molar-refractivity contribution in [2.24, 2.45) is 0 Å². The Hall–Kier alpha value is -2.49. The molecule has 2 amide bonds. The van der Waals surface area contributed by atoms with Crippen molar-refractivity contribution in [3.63, 3.8) is 0 Å². The van der Waals surface area contributed by atoms with E-state index in [4.69, 9.17) is 4.74 Å². The van der Waals surface area contributed by atoms with Crippen molar-refractivity contribution in [1.29, 1.82) is 0 Å². The molecule has 2 aromatic rings. The first kappa shape index (κ1) is 18.8. The maximum Gasteiger partial charge on any atom is 0.317 e. The van der Waals surface area contributed by atoms with E-state index in [9.17, 15) is 4.79 Å². The molecule has 0 unspecified atom stereocenters. The average molecular weight is 340 g/mol. The van der Waals surface area contributed by atoms with Gasteiger partial charge < -0.3 is 15.0 Å². The van der Waals surface area contributed by atoms with Gasteiger partial charge in [-0.05, 0) is 44.4 Å². The van der Waals surface area contributed by atoms with Gasteiger partial charge in [0.1, 0.15) is 12.4 Å². The van der Waals surface area contributed by atoms with Gasteiger partial charge in [-0.3, -0.25) is 0 Å². The van der Waals surface area contributed by atoms with E-state index in [2.05, 4.69) is 24.4 Å². The quantitative estimate of drug-likeness (QED) is 0.767. The molecule has 0 atom stereocenters. The molecule has 0 aliphatic rings. The molecule has 2 rings (SSSR count). The Morgan fingerprint density at radius 2 is 1.72 bits per heavy atom. The van der Waals surface area contributed by atoms with Crippen molar-refractivity contribution in [1.82, 2.24) is 10.2 Å². The first-order valence-corrected chi connectivity index (χ1v) is 8.78. The minimum atomic E-state index is -0.0627. The molecule has 0 bridgehead atoms. The fraction of sp³-hybridized carbons (Fsp3) is 0.381. The van der Waals surface area contributed by atoms with Crippen LogP contribution in [0.4, 0.5) is 4.79 Å². The van der Waals surface area contributed by atoms with Gasteiger partial charge in [0.15, 0.2) is 0 Å². The highest BCUT2D eigenvalue weighted by Crippen LogP contribution is 2.24. The van der Waals surface area contributed by atoms with Gasteiger partial charge >= 0.3 is 6.03 Å². The summed E-state index contributed by atoms with van der Waals surface area (Å²) in [7, 11) is 0. The van der Waals surface area contributed by atoms with Crippen molar-refractivity contribution in [2.45, 2.75) is 34.2 Å². The van der Waals surface area contributed by atoms with E-state index in [1.165, 1.54) is 5.56 Å². The van der Waals surface area contributed by atoms with Gasteiger partial charge in [0, 0.05) is 13.1 Å². The van der Waals surface area contributed by atoms with Crippen molar-refractivity contribution in [2.75, 3.05) is 19.7 Å². The van der Waals surface area contributed by atoms with E-state index in [0.29, 0.717) is 26.2 Å². The zero-order chi connectivity index (χ0) is 18.2. The predicted molar refractivity (Wildman–Crippen MR) is 102 cm³/mol. The second-order valence-corrected chi connectivity index (χ2v) is 6.31. The largest absolute Gasteiger partial charge is 0.491 e. The number of ether oxygens (including phenoxy) is 1. The number of rotatable bonds is 7. The third-order valence-corrected chi connectivity index (χ3v) is 4.11. The first-order chi connectivity index (χ1) is 12.0. The van der Waals surface area contributed by atoms with Crippen LogP contribution in [0.1, 0.15) is 29.2 Å². The summed E-state index contributed by atoms with van der Waals surface area (Å²) in [5.41, 5.74) is 4.61. The van der Waals surface area contributed by atoms with E-state index in [1.807, 2.05) is 51.1 Å². The number of nitrogens with zero attached hydrogens (tertiary/aromatic N) is 1. The predicted octanol–water partition coefficient (Wildman–Crippen LogP) is 4.22. The van der Waals surface area contributed by atoms with Crippen LogP contribution in [0.5, 0.6) is 5.75 Å². The number of nitrogens with one attached hydrogen (secondary N) is 1. The summed E-state index contributed by atoms with van der Waals surface area (Å²) in [5, 5.41) is 2.94. The zero-order valence-electron chi connectivity index (χ0n) is 15.6. The lowest BCUT2D eigenvalue weighted by atomic mass is 10.1. The van der Waals surface area contributed by atoms with E-state index in [1.54, 1.807) is 4.90 Å². The van der Waals surface area contributed by atoms with E-state index in [-0.39, 0.29) is 6.03 Å². The molecule has 0 aromatic heterocycles. The Balaban J connectivity index is 1.81. The number of amides is 2. The second kappa shape index (κ2) is 9.11. The number of hydrogen-bond acceptors (Lipinski definition) is 2. The summed E-state index contributed by atoms with van der Waals surface area (Å²) in [6, 6.07) is 14.2. The smallest absolute Gasteiger partial charge is 0.317 e. The molecule has 0 aliphatic carbocycles. The highest BCUT2D eigenvalue weighted by molar-refractivity contribution is 5.74. The third kappa shape index (κ3) is 5.52. The highest BCUT2D eigenvalue weighted by atomic mass is 16.5. The number of urea groups is 1. The molecule has 4 heteroatoms. The normalized spacial score (nSPS) is 10.4. The van der Waals surface area contributed by atoms with E-state index < -0.39 is 0 Å². The van der Waals surface area contributed by atoms with Gasteiger partial charge in [-0.1, -0.05) is 48.0 Å². The fourth-order valence-electron chi connectivity index (χ4n) is 2.95. The highest BCUT2D eigenvalue weighted by Gasteiger charge is 2.11. The summed E-state index contributed by atoms with van der Waals surface area (Å²) in [4.78, 5) is 14.1. The van der Waals surface area contributed by atoms with E-state index >= 15 is 0 Å². The van der Waals surface area contributed by atoms with Crippen LogP contribution in [-0.4, -0.2) is 30.6 Å². The van der Waals surface area contributed by atoms with Crippen LogP contribution in [0.2, 0.25) is 0 Å². The third-order valence-electron chi connectivity index (χ3n) is 4.11. The fourth-order valence-corrected chi connectivity index (χ4v) is 2.95. The molecule has 0 spiro atoms. The number of benzene rings is 2. The molecule has 0 fully saturated rings. The van der Waals surface area contributed by atoms with Crippen LogP contribution >= 0.6 is 0 Å². The number of carbonyl (C=O) groups is 1. The molecule has 2 aromatic carbocycles. The molecular formula is C21H28N2O2. The van der Waals surface area contributed by atoms with Crippen LogP contribution < -0.4 is 10.1 Å². The summed E-state index contributed by atoms with van der Waals surface area (Å²) < 4.78 is 5.87. The van der Waals surface area contributed by atoms with Gasteiger partial charge in [0.25, 0.3) is 0 Å². The Morgan fingerprint density at radius 1 is 1.08 bits per heavy atom. The molecule has 1 N–H and O–H groups in total. The van der Waals surface area contributed by atoms with Crippen LogP contribution in [0.3, 0.4) is 0 Å². The monoisotopic (exact) mass is 340 g/mol. The van der Waals surface area contributed by atoms with Crippen LogP contribution in [0.15, 0.2) is 42.5 Å². The van der Waals surface area contributed by atoms with Gasteiger partial charge in [0.05, 0.1) is 6.54 Å². The maximum absolute atomic E-state index is 12.3. The molecule has 25 heavy (non-hydrogen) atoms. The molecule has 0 radical (unpaired) electrons. The average Bonchev–Trinajstić information content (AvgIpc) is 2.58. The lowest BCUT2D eigenvalue weighted by Crippen LogP contribution is -2.41. The topological polar surface area (TPSA) is 41.6 Å². The Morgan fingerprint density at radius 3 is 2.32 bits per heavy atom. The standard InChI is InChI=1S/C21H28N2O2/c1-5-23(15-19-9-7-6-8-10-19)21(24)22-11-12-25-20-17(3)13-16(2)14-18(20)4/h6-10,13-14H,5,11-12,15H2,1-4H3,(H,22,24). The summed E-state index contributed by atoms with van der Waals surface area (Å²) in [6.07, 6.45) is 0. The molecule has 0 heterocycles. The van der Waals surface area contributed by atoms with Crippen LogP contribution in [-0.2, 0) is 6.54 Å². The zero-order valence-corrected chi connectivity index (χ0v) is 15.6. The summed E-state index contributed by atoms with van der Waals surface area (Å²) in [6.45, 7) is 10.4. The second-order valence-electron chi connectivity index (χ2n) is 6.31. The summed E-state index contributed by atoms with van der Waals surface area (Å²) in [5.74, 6) is 0.913. The molecule has 0 saturated carbocycles. The summed E-state index contributed by atoms with van der Waals surface area (Å²) >= 11 is 0. The minimum Gasteiger partial charge on any atom is -0.491 e. The van der Waals surface area contributed by atoms with Gasteiger partial charge in [-0.2, -0.15) is 0 Å². The lowest BCUT2D eigenvalue weighted by Gasteiger charge is -2.21. The number of aryl methyl sites for hydroxylation is 3. The number of hydrogen-bond donors (Lipinski definition) is 1. The van der Waals surface area contributed by atoms with Crippen LogP contribution in [0.25, 0.3) is 0 Å². The molecule has 0 saturated heterocycles. The van der Waals surface area contributed by atoms with Crippen molar-refractivity contribution in [3.8, 4) is 5.75 Å². The minimum absolute atomic E-state index is 0.0627. The van der Waals surface area contributed by atoms with Gasteiger partial charge in [0.2, 0.25) is 0 Å². The molecular weight excluding hydrogens is 312 g/mol. The van der Waals surface area contributed by atoms with E-state index in [0.717, 1.165) is 22.4 Å². The van der Waals surface area contributed by atoms with Crippen LogP contribution in [0, 0.1) is 20.8 Å². The lowest BCUT2D eigenvalue weighted by molar-refractivity contribution is 0.195. The van der Waals surface area contributed by atoms with Crippen molar-refractivity contribution in [3.05, 3.63) is 64.7 Å². The number of carbonyl (C=O) groups excluding carboxylic acids is 1. The molecule has 0 aliphatic heterocycles. The first-order valence-electron chi connectivity index (χ1n) is 8.78. The Labute approximate surface area is 150 Å². The maximum atomic E-state index is 12.3. The molecule has 4 nitrogen and oxygen atoms in total. The van der Waals surface area contributed by atoms with Gasteiger partial charge in [-0.25, -0.2) is 4.79 Å².